The third-order valence-electron chi connectivity index (χ3n) is 27.6. The summed E-state index contributed by atoms with van der Waals surface area (Å²) in [6.45, 7) is 37.5. The van der Waals surface area contributed by atoms with Crippen molar-refractivity contribution in [3.05, 3.63) is 403 Å². The van der Waals surface area contributed by atoms with Crippen LogP contribution in [0.3, 0.4) is 0 Å². The number of benzene rings is 12. The lowest BCUT2D eigenvalue weighted by Gasteiger charge is -2.31. The summed E-state index contributed by atoms with van der Waals surface area (Å²) in [5, 5.41) is 0. The normalized spacial score (nSPS) is 17.8. The Balaban J connectivity index is 0.000000116. The highest BCUT2D eigenvalue weighted by molar-refractivity contribution is 5.92. The molecular formula is C118H132N18. The second-order valence-electron chi connectivity index (χ2n) is 37.2. The Kier molecular flexibility index (Phi) is 28.3. The number of para-hydroxylation sites is 13. The molecule has 694 valence electrons. The highest BCUT2D eigenvalue weighted by atomic mass is 15.5. The van der Waals surface area contributed by atoms with Crippen LogP contribution in [0.2, 0.25) is 0 Å². The van der Waals surface area contributed by atoms with E-state index in [1.807, 2.05) is 24.5 Å². The molecule has 7 aliphatic rings. The number of aromatic nitrogens is 4. The summed E-state index contributed by atoms with van der Waals surface area (Å²) in [6, 6.07) is 113. The van der Waals surface area contributed by atoms with Crippen molar-refractivity contribution in [1.82, 2.24) is 24.8 Å². The maximum atomic E-state index is 4.54. The fraction of sp³-hybridized carbons (Fsp3) is 0.254. The summed E-state index contributed by atoms with van der Waals surface area (Å²) in [4.78, 5) is 50.4. The predicted molar refractivity (Wildman–Crippen MR) is 576 cm³/mol. The van der Waals surface area contributed by atoms with Crippen molar-refractivity contribution in [3.8, 4) is 0 Å². The molecule has 12 aromatic carbocycles. The van der Waals surface area contributed by atoms with Gasteiger partial charge < -0.3 is 68.6 Å². The summed E-state index contributed by atoms with van der Waals surface area (Å²) < 4.78 is 0. The van der Waals surface area contributed by atoms with Crippen molar-refractivity contribution in [2.75, 3.05) is 98.9 Å². The Bertz CT molecular complexity index is 6230. The molecule has 0 N–H and O–H groups in total. The highest BCUT2D eigenvalue weighted by Crippen LogP contribution is 2.53. The number of hydrogen-bond acceptors (Lipinski definition) is 18. The van der Waals surface area contributed by atoms with Crippen molar-refractivity contribution >= 4 is 120 Å². The number of anilines is 21. The van der Waals surface area contributed by atoms with Gasteiger partial charge in [0.15, 0.2) is 23.3 Å². The number of pyridine rings is 2. The monoisotopic (exact) mass is 1800 g/mol. The van der Waals surface area contributed by atoms with E-state index in [-0.39, 0.29) is 36.2 Å². The van der Waals surface area contributed by atoms with E-state index in [0.717, 1.165) is 23.3 Å². The molecule has 18 nitrogen and oxygen atoms in total. The molecule has 3 aromatic heterocycles. The number of fused-ring (bicyclic) bond motifs is 6. The van der Waals surface area contributed by atoms with Crippen LogP contribution in [0.4, 0.5) is 120 Å². The largest absolute Gasteiger partial charge is 0.359 e. The van der Waals surface area contributed by atoms with E-state index in [4.69, 9.17) is 0 Å². The summed E-state index contributed by atoms with van der Waals surface area (Å²) in [5.41, 5.74) is 31.8. The molecule has 0 fully saturated rings. The molecule has 0 saturated heterocycles. The average molecular weight is 1800 g/mol. The third-order valence-corrected chi connectivity index (χ3v) is 27.6. The smallest absolute Gasteiger partial charge is 0.178 e. The van der Waals surface area contributed by atoms with Gasteiger partial charge in [-0.1, -0.05) is 215 Å². The van der Waals surface area contributed by atoms with Gasteiger partial charge in [0.25, 0.3) is 0 Å². The topological polar surface area (TPSA) is 96.9 Å². The van der Waals surface area contributed by atoms with Gasteiger partial charge in [0.1, 0.15) is 43.2 Å². The van der Waals surface area contributed by atoms with Gasteiger partial charge in [-0.25, -0.2) is 19.9 Å². The Hall–Kier alpha value is -15.0. The highest BCUT2D eigenvalue weighted by Gasteiger charge is 2.41. The molecule has 10 heterocycles. The van der Waals surface area contributed by atoms with Crippen molar-refractivity contribution in [2.24, 2.45) is 0 Å². The number of hydrogen-bond donors (Lipinski definition) is 0. The first-order valence-corrected chi connectivity index (χ1v) is 47.6. The van der Waals surface area contributed by atoms with Crippen molar-refractivity contribution in [3.63, 3.8) is 0 Å². The molecule has 15 aromatic rings. The van der Waals surface area contributed by atoms with Gasteiger partial charge in [0.2, 0.25) is 0 Å². The van der Waals surface area contributed by atoms with Crippen LogP contribution in [0.25, 0.3) is 0 Å². The Morgan fingerprint density at radius 2 is 0.493 bits per heavy atom. The third kappa shape index (κ3) is 18.8. The van der Waals surface area contributed by atoms with Gasteiger partial charge >= 0.3 is 0 Å². The Morgan fingerprint density at radius 3 is 0.919 bits per heavy atom. The van der Waals surface area contributed by atoms with Crippen LogP contribution in [0.15, 0.2) is 359 Å². The SMILES string of the molecule is Cc1ccccc1N1C=CN(C)C1C.Cc1ccccc1N1c2cc(C(C)(C)C)ccc2N(c2ccccc2)C1C.Cc1ccccc1N1c2ccccc2N(C)C1C.Cc1ccccc1N1c2ccccc2N(c2ccccc2)C1C.Cc1ccccc1N1c2cccnc2N(C)C1C.Cc1ccccc1N1c2ncccc2N(C)C1C.Cc1ccccc1N1c2nccnc2N(C)C1C. The quantitative estimate of drug-likeness (QED) is 0.137. The standard InChI is InChI=1S/C25H28N2.C21H20N2.C16H18N2.2C15H17N3.C14H16N4.C12H16N2/c1-18-11-9-10-14-22(18)27-19(2)26(21-12-7-6-8-13-21)23-16-15-20(17-24(23)27)25(3,4)5;1-16-10-6-7-13-19(16)23-17(2)22(18-11-4-3-5-12-18)20-14-8-9-15-21(20)23;1-12-8-4-5-9-14(12)18-13(2)17(3)15-10-6-7-11-16(15)18;1-11-7-4-5-8-13(11)18-12(2)17(3)15-14(18)9-6-10-16-15;1-11-7-4-5-8-13(11)18-12(2)17(3)14-9-6-10-16-15(14)18;1-10-6-4-5-7-12(10)18-11(2)17(3)13-14(18)16-9-8-15-13;1-10-6-4-5-7-12(10)14-9-8-13(3)11(14)2/h6-17,19H,1-5H3;3-15,17H,1-2H3;4-11,13H,1-3H3;2*4-10,12H,1-3H3;4-9,11H,1-3H3;4-9,11H,1-3H3. The predicted octanol–water partition coefficient (Wildman–Crippen LogP) is 28.4. The van der Waals surface area contributed by atoms with E-state index < -0.39 is 0 Å². The van der Waals surface area contributed by atoms with E-state index in [1.165, 1.54) is 141 Å². The Labute approximate surface area is 808 Å². The lowest BCUT2D eigenvalue weighted by molar-refractivity contribution is 0.383. The van der Waals surface area contributed by atoms with Crippen LogP contribution in [-0.2, 0) is 5.41 Å². The van der Waals surface area contributed by atoms with E-state index >= 15 is 0 Å². The molecule has 0 aliphatic carbocycles. The van der Waals surface area contributed by atoms with Crippen molar-refractivity contribution in [2.45, 2.75) is 166 Å². The Morgan fingerprint density at radius 1 is 0.206 bits per heavy atom. The summed E-state index contributed by atoms with van der Waals surface area (Å²) in [5.74, 6) is 3.96. The molecule has 0 saturated carbocycles. The van der Waals surface area contributed by atoms with Crippen LogP contribution in [0.1, 0.15) is 114 Å². The fourth-order valence-electron chi connectivity index (χ4n) is 19.5. The number of nitrogens with zero attached hydrogens (tertiary/aromatic N) is 18. The van der Waals surface area contributed by atoms with Crippen molar-refractivity contribution < 1.29 is 0 Å². The van der Waals surface area contributed by atoms with E-state index in [2.05, 4.69) is 563 Å². The molecule has 7 atom stereocenters. The van der Waals surface area contributed by atoms with Gasteiger partial charge in [-0.15, -0.1) is 0 Å². The molecule has 7 unspecified atom stereocenters. The van der Waals surface area contributed by atoms with Crippen LogP contribution < -0.4 is 63.7 Å². The van der Waals surface area contributed by atoms with Gasteiger partial charge in [0, 0.05) is 124 Å². The number of aryl methyl sites for hydroxylation is 7. The minimum Gasteiger partial charge on any atom is -0.359 e. The zero-order chi connectivity index (χ0) is 95.9. The second-order valence-corrected chi connectivity index (χ2v) is 37.2. The van der Waals surface area contributed by atoms with E-state index in [1.54, 1.807) is 12.4 Å². The van der Waals surface area contributed by atoms with Crippen LogP contribution in [0.5, 0.6) is 0 Å². The maximum absolute atomic E-state index is 4.54. The molecule has 22 rings (SSSR count). The molecule has 0 amide bonds. The first-order valence-electron chi connectivity index (χ1n) is 47.6. The lowest BCUT2D eigenvalue weighted by atomic mass is 9.86. The van der Waals surface area contributed by atoms with E-state index in [0.29, 0.717) is 12.3 Å². The van der Waals surface area contributed by atoms with Crippen molar-refractivity contribution in [1.29, 1.82) is 0 Å². The lowest BCUT2D eigenvalue weighted by Crippen LogP contribution is -2.36. The zero-order valence-electron chi connectivity index (χ0n) is 83.2. The second kappa shape index (κ2) is 40.8. The molecule has 0 radical (unpaired) electrons. The minimum atomic E-state index is 0.121. The molecule has 7 aliphatic heterocycles. The average Bonchev–Trinajstić information content (AvgIpc) is 1.58. The van der Waals surface area contributed by atoms with Crippen LogP contribution >= 0.6 is 0 Å². The van der Waals surface area contributed by atoms with E-state index in [9.17, 15) is 0 Å². The zero-order valence-corrected chi connectivity index (χ0v) is 83.2. The molecule has 0 spiro atoms. The number of rotatable bonds is 9. The minimum absolute atomic E-state index is 0.121. The van der Waals surface area contributed by atoms with Crippen LogP contribution in [0, 0.1) is 48.5 Å². The fourth-order valence-corrected chi connectivity index (χ4v) is 19.5. The first kappa shape index (κ1) is 94.2. The molecule has 0 bridgehead atoms. The molecule has 18 heteroatoms. The summed E-state index contributed by atoms with van der Waals surface area (Å²) in [6.07, 6.45) is 13.4. The van der Waals surface area contributed by atoms with Gasteiger partial charge in [0.05, 0.1) is 45.5 Å². The summed E-state index contributed by atoms with van der Waals surface area (Å²) >= 11 is 0. The molecular weight excluding hydrogens is 1670 g/mol. The maximum Gasteiger partial charge on any atom is 0.178 e. The van der Waals surface area contributed by atoms with Gasteiger partial charge in [-0.2, -0.15) is 0 Å². The van der Waals surface area contributed by atoms with Crippen LogP contribution in [-0.4, -0.2) is 103 Å². The summed E-state index contributed by atoms with van der Waals surface area (Å²) in [7, 11) is 10.5. The first-order chi connectivity index (χ1) is 65.6. The molecule has 136 heavy (non-hydrogen) atoms. The van der Waals surface area contributed by atoms with Gasteiger partial charge in [-0.05, 0) is 274 Å². The van der Waals surface area contributed by atoms with Gasteiger partial charge in [-0.3, -0.25) is 0 Å².